The smallest absolute Gasteiger partial charge is 0.273 e. The van der Waals surface area contributed by atoms with Crippen molar-refractivity contribution in [3.8, 4) is 0 Å². The summed E-state index contributed by atoms with van der Waals surface area (Å²) in [7, 11) is 0. The van der Waals surface area contributed by atoms with Crippen molar-refractivity contribution in [3.05, 3.63) is 75.0 Å². The van der Waals surface area contributed by atoms with Crippen molar-refractivity contribution in [2.45, 2.75) is 13.8 Å². The van der Waals surface area contributed by atoms with Crippen LogP contribution in [0.25, 0.3) is 10.9 Å². The highest BCUT2D eigenvalue weighted by atomic mass is 16.6. The zero-order chi connectivity index (χ0) is 17.4. The number of rotatable bonds is 3. The summed E-state index contributed by atoms with van der Waals surface area (Å²) in [5.74, 6) is -0.391. The number of fused-ring (bicyclic) bond motifs is 1. The fourth-order valence-electron chi connectivity index (χ4n) is 2.98. The van der Waals surface area contributed by atoms with Gasteiger partial charge in [-0.3, -0.25) is 24.3 Å². The molecular weight excluding hydrogens is 308 g/mol. The van der Waals surface area contributed by atoms with Gasteiger partial charge in [0.05, 0.1) is 16.0 Å². The van der Waals surface area contributed by atoms with E-state index < -0.39 is 10.8 Å². The van der Waals surface area contributed by atoms with Crippen LogP contribution in [-0.2, 0) is 0 Å². The molecule has 1 heterocycles. The van der Waals surface area contributed by atoms with Crippen LogP contribution in [0, 0.1) is 24.0 Å². The van der Waals surface area contributed by atoms with Gasteiger partial charge in [0.1, 0.15) is 0 Å². The molecule has 6 nitrogen and oxygen atoms in total. The van der Waals surface area contributed by atoms with Crippen LogP contribution in [0.3, 0.4) is 0 Å². The third-order valence-electron chi connectivity index (χ3n) is 4.21. The molecule has 0 aliphatic carbocycles. The normalized spacial score (nSPS) is 10.8. The molecule has 0 unspecified atom stereocenters. The van der Waals surface area contributed by atoms with Gasteiger partial charge in [0.15, 0.2) is 6.29 Å². The minimum atomic E-state index is -0.510. The SMILES string of the molecule is Cc1c(C(=O)n2c(C)c(C=O)c3ccccc32)cccc1[N+](=O)[O-]. The fourth-order valence-corrected chi connectivity index (χ4v) is 2.98. The number of aromatic nitrogens is 1. The second-order valence-corrected chi connectivity index (χ2v) is 5.48. The standard InChI is InChI=1S/C18H14N2O4/c1-11-13(7-5-9-16(11)20(23)24)18(22)19-12(2)15(10-21)14-6-3-4-8-17(14)19/h3-10H,1-2H3. The predicted octanol–water partition coefficient (Wildman–Crippen LogP) is 3.67. The predicted molar refractivity (Wildman–Crippen MR) is 89.6 cm³/mol. The minimum absolute atomic E-state index is 0.106. The number of carbonyl (C=O) groups excluding carboxylic acids is 2. The Morgan fingerprint density at radius 2 is 1.83 bits per heavy atom. The first-order chi connectivity index (χ1) is 11.5. The van der Waals surface area contributed by atoms with Gasteiger partial charge in [0, 0.05) is 28.3 Å². The van der Waals surface area contributed by atoms with Gasteiger partial charge in [0.25, 0.3) is 11.6 Å². The van der Waals surface area contributed by atoms with Crippen LogP contribution < -0.4 is 0 Å². The summed E-state index contributed by atoms with van der Waals surface area (Å²) >= 11 is 0. The Kier molecular flexibility index (Phi) is 3.73. The molecule has 0 amide bonds. The zero-order valence-corrected chi connectivity index (χ0v) is 13.1. The monoisotopic (exact) mass is 322 g/mol. The number of hydrogen-bond acceptors (Lipinski definition) is 4. The van der Waals surface area contributed by atoms with Crippen LogP contribution in [0.4, 0.5) is 5.69 Å². The maximum atomic E-state index is 13.0. The molecule has 0 radical (unpaired) electrons. The molecule has 3 aromatic rings. The second kappa shape index (κ2) is 5.73. The van der Waals surface area contributed by atoms with Gasteiger partial charge in [-0.05, 0) is 26.0 Å². The summed E-state index contributed by atoms with van der Waals surface area (Å²) < 4.78 is 1.44. The first-order valence-corrected chi connectivity index (χ1v) is 7.31. The van der Waals surface area contributed by atoms with Gasteiger partial charge in [-0.1, -0.05) is 24.3 Å². The van der Waals surface area contributed by atoms with Crippen molar-refractivity contribution in [1.29, 1.82) is 0 Å². The molecule has 0 saturated carbocycles. The van der Waals surface area contributed by atoms with Crippen LogP contribution in [0.15, 0.2) is 42.5 Å². The van der Waals surface area contributed by atoms with E-state index in [1.165, 1.54) is 16.7 Å². The number of aldehydes is 1. The lowest BCUT2D eigenvalue weighted by molar-refractivity contribution is -0.385. The summed E-state index contributed by atoms with van der Waals surface area (Å²) in [4.78, 5) is 35.0. The quantitative estimate of drug-likeness (QED) is 0.418. The van der Waals surface area contributed by atoms with E-state index >= 15 is 0 Å². The molecule has 3 rings (SSSR count). The Bertz CT molecular complexity index is 1000. The van der Waals surface area contributed by atoms with Crippen LogP contribution >= 0.6 is 0 Å². The van der Waals surface area contributed by atoms with Crippen LogP contribution in [-0.4, -0.2) is 21.7 Å². The summed E-state index contributed by atoms with van der Waals surface area (Å²) in [5, 5.41) is 11.8. The van der Waals surface area contributed by atoms with E-state index in [4.69, 9.17) is 0 Å². The Labute approximate surface area is 137 Å². The van der Waals surface area contributed by atoms with Crippen molar-refractivity contribution in [3.63, 3.8) is 0 Å². The number of carbonyl (C=O) groups is 2. The third-order valence-corrected chi connectivity index (χ3v) is 4.21. The van der Waals surface area contributed by atoms with E-state index in [2.05, 4.69) is 0 Å². The van der Waals surface area contributed by atoms with Crippen LogP contribution in [0.1, 0.15) is 32.0 Å². The molecule has 24 heavy (non-hydrogen) atoms. The summed E-state index contributed by atoms with van der Waals surface area (Å²) in [6, 6.07) is 11.5. The Morgan fingerprint density at radius 3 is 2.50 bits per heavy atom. The summed E-state index contributed by atoms with van der Waals surface area (Å²) in [5.41, 5.74) is 2.01. The van der Waals surface area contributed by atoms with Gasteiger partial charge < -0.3 is 0 Å². The molecule has 0 bridgehead atoms. The lowest BCUT2D eigenvalue weighted by Crippen LogP contribution is -2.15. The average Bonchev–Trinajstić information content (AvgIpc) is 2.85. The lowest BCUT2D eigenvalue weighted by Gasteiger charge is -2.09. The molecule has 0 fully saturated rings. The fraction of sp³-hybridized carbons (Fsp3) is 0.111. The number of hydrogen-bond donors (Lipinski definition) is 0. The molecule has 0 aliphatic heterocycles. The topological polar surface area (TPSA) is 82.2 Å². The third kappa shape index (κ3) is 2.20. The van der Waals surface area contributed by atoms with E-state index in [1.54, 1.807) is 44.2 Å². The Balaban J connectivity index is 2.28. The molecular formula is C18H14N2O4. The van der Waals surface area contributed by atoms with E-state index in [0.717, 1.165) is 6.29 Å². The lowest BCUT2D eigenvalue weighted by atomic mass is 10.1. The first kappa shape index (κ1) is 15.6. The average molecular weight is 322 g/mol. The van der Waals surface area contributed by atoms with E-state index in [1.807, 2.05) is 0 Å². The van der Waals surface area contributed by atoms with Gasteiger partial charge in [-0.15, -0.1) is 0 Å². The van der Waals surface area contributed by atoms with Gasteiger partial charge in [-0.2, -0.15) is 0 Å². The first-order valence-electron chi connectivity index (χ1n) is 7.31. The minimum Gasteiger partial charge on any atom is -0.298 e. The number of benzene rings is 2. The number of nitro benzene ring substituents is 1. The van der Waals surface area contributed by atoms with Crippen molar-refractivity contribution in [2.24, 2.45) is 0 Å². The van der Waals surface area contributed by atoms with Crippen molar-refractivity contribution >= 4 is 28.8 Å². The zero-order valence-electron chi connectivity index (χ0n) is 13.1. The molecule has 0 atom stereocenters. The highest BCUT2D eigenvalue weighted by Crippen LogP contribution is 2.28. The van der Waals surface area contributed by atoms with Crippen LogP contribution in [0.2, 0.25) is 0 Å². The molecule has 6 heteroatoms. The van der Waals surface area contributed by atoms with Crippen molar-refractivity contribution in [2.75, 3.05) is 0 Å². The highest BCUT2D eigenvalue weighted by Gasteiger charge is 2.23. The molecule has 0 spiro atoms. The molecule has 120 valence electrons. The highest BCUT2D eigenvalue weighted by molar-refractivity contribution is 6.09. The molecule has 1 aromatic heterocycles. The Morgan fingerprint density at radius 1 is 1.12 bits per heavy atom. The van der Waals surface area contributed by atoms with Gasteiger partial charge in [0.2, 0.25) is 0 Å². The largest absolute Gasteiger partial charge is 0.298 e. The number of para-hydroxylation sites is 1. The molecule has 0 saturated heterocycles. The van der Waals surface area contributed by atoms with E-state index in [0.29, 0.717) is 27.7 Å². The van der Waals surface area contributed by atoms with Crippen molar-refractivity contribution in [1.82, 2.24) is 4.57 Å². The number of nitro groups is 1. The van der Waals surface area contributed by atoms with Gasteiger partial charge in [-0.25, -0.2) is 0 Å². The van der Waals surface area contributed by atoms with Crippen LogP contribution in [0.5, 0.6) is 0 Å². The molecule has 2 aromatic carbocycles. The summed E-state index contributed by atoms with van der Waals surface area (Å²) in [6.07, 6.45) is 0.724. The van der Waals surface area contributed by atoms with Gasteiger partial charge >= 0.3 is 0 Å². The van der Waals surface area contributed by atoms with E-state index in [-0.39, 0.29) is 11.3 Å². The maximum absolute atomic E-state index is 13.0. The number of nitrogens with zero attached hydrogens (tertiary/aromatic N) is 2. The van der Waals surface area contributed by atoms with Crippen molar-refractivity contribution < 1.29 is 14.5 Å². The molecule has 0 aliphatic rings. The molecule has 0 N–H and O–H groups in total. The Hall–Kier alpha value is -3.28. The summed E-state index contributed by atoms with van der Waals surface area (Å²) in [6.45, 7) is 3.24. The maximum Gasteiger partial charge on any atom is 0.273 e. The van der Waals surface area contributed by atoms with E-state index in [9.17, 15) is 19.7 Å². The second-order valence-electron chi connectivity index (χ2n) is 5.48.